The van der Waals surface area contributed by atoms with E-state index in [-0.39, 0.29) is 17.3 Å². The molecule has 0 aliphatic carbocycles. The highest BCUT2D eigenvalue weighted by Gasteiger charge is 2.05. The van der Waals surface area contributed by atoms with Crippen LogP contribution in [0.15, 0.2) is 40.6 Å². The molecule has 0 unspecified atom stereocenters. The Morgan fingerprint density at radius 3 is 2.65 bits per heavy atom. The molecule has 1 N–H and O–H groups in total. The van der Waals surface area contributed by atoms with E-state index in [9.17, 15) is 9.59 Å². The number of aromatic nitrogens is 1. The molecule has 0 spiro atoms. The third kappa shape index (κ3) is 3.18. The Hall–Kier alpha value is -1.59. The lowest BCUT2D eigenvalue weighted by atomic mass is 10.3. The maximum Gasteiger partial charge on any atom is 0.307 e. The van der Waals surface area contributed by atoms with Crippen molar-refractivity contribution in [2.45, 2.75) is 6.54 Å². The lowest BCUT2D eigenvalue weighted by Gasteiger charge is -2.05. The van der Waals surface area contributed by atoms with Gasteiger partial charge in [0.2, 0.25) is 5.91 Å². The molecule has 0 saturated heterocycles. The minimum absolute atomic E-state index is 0.0188. The van der Waals surface area contributed by atoms with Gasteiger partial charge in [-0.3, -0.25) is 14.2 Å². The maximum atomic E-state index is 11.6. The molecule has 88 valence electrons. The summed E-state index contributed by atoms with van der Waals surface area (Å²) < 4.78 is 1.36. The Labute approximate surface area is 106 Å². The Kier molecular flexibility index (Phi) is 3.61. The normalized spacial score (nSPS) is 10.2. The van der Waals surface area contributed by atoms with Crippen LogP contribution >= 0.6 is 22.9 Å². The van der Waals surface area contributed by atoms with Gasteiger partial charge in [0, 0.05) is 22.3 Å². The van der Waals surface area contributed by atoms with E-state index >= 15 is 0 Å². The summed E-state index contributed by atoms with van der Waals surface area (Å²) in [5, 5.41) is 4.94. The smallest absolute Gasteiger partial charge is 0.307 e. The van der Waals surface area contributed by atoms with Crippen molar-refractivity contribution >= 4 is 34.5 Å². The van der Waals surface area contributed by atoms with Crippen molar-refractivity contribution in [3.05, 3.63) is 50.5 Å². The van der Waals surface area contributed by atoms with Gasteiger partial charge in [0.1, 0.15) is 6.54 Å². The summed E-state index contributed by atoms with van der Waals surface area (Å²) in [6, 6.07) is 6.79. The van der Waals surface area contributed by atoms with E-state index in [1.807, 2.05) is 0 Å². The van der Waals surface area contributed by atoms with Gasteiger partial charge in [-0.15, -0.1) is 0 Å². The number of nitrogens with zero attached hydrogens (tertiary/aromatic N) is 1. The van der Waals surface area contributed by atoms with Crippen molar-refractivity contribution in [2.75, 3.05) is 5.32 Å². The average Bonchev–Trinajstić information content (AvgIpc) is 2.68. The van der Waals surface area contributed by atoms with E-state index in [1.165, 1.54) is 4.57 Å². The third-order valence-electron chi connectivity index (χ3n) is 2.09. The highest BCUT2D eigenvalue weighted by Crippen LogP contribution is 2.13. The van der Waals surface area contributed by atoms with Gasteiger partial charge in [-0.25, -0.2) is 0 Å². The number of rotatable bonds is 3. The fourth-order valence-corrected chi connectivity index (χ4v) is 2.01. The number of benzene rings is 1. The number of thiazole rings is 1. The first-order valence-electron chi connectivity index (χ1n) is 4.84. The summed E-state index contributed by atoms with van der Waals surface area (Å²) in [5.41, 5.74) is 0.655. The van der Waals surface area contributed by atoms with Crippen LogP contribution < -0.4 is 10.2 Å². The van der Waals surface area contributed by atoms with Gasteiger partial charge in [0.15, 0.2) is 0 Å². The Bertz CT molecular complexity index is 574. The van der Waals surface area contributed by atoms with Gasteiger partial charge >= 0.3 is 4.87 Å². The molecule has 6 heteroatoms. The van der Waals surface area contributed by atoms with Gasteiger partial charge in [-0.05, 0) is 24.3 Å². The molecule has 0 aliphatic heterocycles. The van der Waals surface area contributed by atoms with Gasteiger partial charge in [-0.1, -0.05) is 22.9 Å². The standard InChI is InChI=1S/C11H9ClN2O2S/c12-8-1-3-9(4-2-8)13-10(15)7-14-5-6-17-11(14)16/h1-6H,7H2,(H,13,15). The first-order chi connectivity index (χ1) is 8.15. The molecule has 1 aromatic heterocycles. The van der Waals surface area contributed by atoms with Gasteiger partial charge in [0.25, 0.3) is 0 Å². The highest BCUT2D eigenvalue weighted by atomic mass is 35.5. The van der Waals surface area contributed by atoms with Crippen molar-refractivity contribution in [3.63, 3.8) is 0 Å². The molecular weight excluding hydrogens is 260 g/mol. The molecule has 0 saturated carbocycles. The number of carbonyl (C=O) groups excluding carboxylic acids is 1. The van der Waals surface area contributed by atoms with Crippen molar-refractivity contribution in [3.8, 4) is 0 Å². The molecule has 4 nitrogen and oxygen atoms in total. The molecule has 2 aromatic rings. The third-order valence-corrected chi connectivity index (χ3v) is 3.03. The summed E-state index contributed by atoms with van der Waals surface area (Å²) in [5.74, 6) is -0.243. The summed E-state index contributed by atoms with van der Waals surface area (Å²) in [7, 11) is 0. The second kappa shape index (κ2) is 5.16. The van der Waals surface area contributed by atoms with Crippen LogP contribution in [-0.4, -0.2) is 10.5 Å². The van der Waals surface area contributed by atoms with Gasteiger partial charge in [-0.2, -0.15) is 0 Å². The van der Waals surface area contributed by atoms with E-state index in [2.05, 4.69) is 5.32 Å². The molecule has 0 atom stereocenters. The molecule has 2 rings (SSSR count). The molecule has 0 bridgehead atoms. The molecule has 1 amide bonds. The summed E-state index contributed by atoms with van der Waals surface area (Å²) >= 11 is 6.79. The van der Waals surface area contributed by atoms with Crippen LogP contribution in [0.1, 0.15) is 0 Å². The number of amides is 1. The van der Waals surface area contributed by atoms with Crippen molar-refractivity contribution in [1.29, 1.82) is 0 Å². The van der Waals surface area contributed by atoms with Crippen LogP contribution in [0.5, 0.6) is 0 Å². The first-order valence-corrected chi connectivity index (χ1v) is 6.10. The van der Waals surface area contributed by atoms with Crippen LogP contribution in [-0.2, 0) is 11.3 Å². The number of carbonyl (C=O) groups is 1. The molecule has 0 aliphatic rings. The molecule has 0 fully saturated rings. The topological polar surface area (TPSA) is 51.1 Å². The quantitative estimate of drug-likeness (QED) is 0.928. The van der Waals surface area contributed by atoms with E-state index in [1.54, 1.807) is 35.8 Å². The molecule has 17 heavy (non-hydrogen) atoms. The van der Waals surface area contributed by atoms with Crippen molar-refractivity contribution in [1.82, 2.24) is 4.57 Å². The van der Waals surface area contributed by atoms with E-state index in [0.29, 0.717) is 10.7 Å². The Morgan fingerprint density at radius 1 is 1.35 bits per heavy atom. The molecule has 1 aromatic carbocycles. The maximum absolute atomic E-state index is 11.6. The lowest BCUT2D eigenvalue weighted by molar-refractivity contribution is -0.116. The fourth-order valence-electron chi connectivity index (χ4n) is 1.30. The number of anilines is 1. The van der Waals surface area contributed by atoms with Crippen LogP contribution in [0.3, 0.4) is 0 Å². The van der Waals surface area contributed by atoms with E-state index in [4.69, 9.17) is 11.6 Å². The number of hydrogen-bond acceptors (Lipinski definition) is 3. The second-order valence-corrected chi connectivity index (χ2v) is 4.65. The molecular formula is C11H9ClN2O2S. The van der Waals surface area contributed by atoms with Crippen LogP contribution in [0, 0.1) is 0 Å². The predicted octanol–water partition coefficient (Wildman–Crippen LogP) is 2.20. The van der Waals surface area contributed by atoms with Crippen molar-refractivity contribution < 1.29 is 4.79 Å². The largest absolute Gasteiger partial charge is 0.325 e. The predicted molar refractivity (Wildman–Crippen MR) is 68.7 cm³/mol. The van der Waals surface area contributed by atoms with E-state index in [0.717, 1.165) is 11.3 Å². The van der Waals surface area contributed by atoms with Crippen LogP contribution in [0.4, 0.5) is 5.69 Å². The van der Waals surface area contributed by atoms with Crippen LogP contribution in [0.25, 0.3) is 0 Å². The van der Waals surface area contributed by atoms with Crippen LogP contribution in [0.2, 0.25) is 5.02 Å². The monoisotopic (exact) mass is 268 g/mol. The summed E-state index contributed by atoms with van der Waals surface area (Å²) in [4.78, 5) is 22.7. The number of halogens is 1. The Morgan fingerprint density at radius 2 is 2.06 bits per heavy atom. The summed E-state index contributed by atoms with van der Waals surface area (Å²) in [6.07, 6.45) is 1.59. The van der Waals surface area contributed by atoms with Gasteiger partial charge in [0.05, 0.1) is 0 Å². The Balaban J connectivity index is 2.00. The van der Waals surface area contributed by atoms with Crippen molar-refractivity contribution in [2.24, 2.45) is 0 Å². The zero-order chi connectivity index (χ0) is 12.3. The average molecular weight is 269 g/mol. The highest BCUT2D eigenvalue weighted by molar-refractivity contribution is 7.07. The zero-order valence-electron chi connectivity index (χ0n) is 8.72. The molecule has 0 radical (unpaired) electrons. The zero-order valence-corrected chi connectivity index (χ0v) is 10.3. The number of nitrogens with one attached hydrogen (secondary N) is 1. The SMILES string of the molecule is O=C(Cn1ccsc1=O)Nc1ccc(Cl)cc1. The summed E-state index contributed by atoms with van der Waals surface area (Å²) in [6.45, 7) is 0.0188. The first kappa shape index (κ1) is 11.9. The lowest BCUT2D eigenvalue weighted by Crippen LogP contribution is -2.23. The molecule has 1 heterocycles. The minimum atomic E-state index is -0.243. The van der Waals surface area contributed by atoms with Gasteiger partial charge < -0.3 is 5.32 Å². The minimum Gasteiger partial charge on any atom is -0.325 e. The van der Waals surface area contributed by atoms with E-state index < -0.39 is 0 Å². The second-order valence-electron chi connectivity index (χ2n) is 3.35. The number of hydrogen-bond donors (Lipinski definition) is 1. The fraction of sp³-hybridized carbons (Fsp3) is 0.0909.